The van der Waals surface area contributed by atoms with E-state index in [-0.39, 0.29) is 6.10 Å². The second-order valence-electron chi connectivity index (χ2n) is 5.48. The minimum Gasteiger partial charge on any atom is -0.484 e. The molecular weight excluding hydrogens is 346 g/mol. The maximum Gasteiger partial charge on any atom is 0.135 e. The number of ether oxygens (including phenoxy) is 1. The van der Waals surface area contributed by atoms with E-state index >= 15 is 0 Å². The average Bonchev–Trinajstić information content (AvgIpc) is 2.91. The molecule has 0 bridgehead atoms. The first kappa shape index (κ1) is 15.1. The summed E-state index contributed by atoms with van der Waals surface area (Å²) in [7, 11) is 0. The topological polar surface area (TPSA) is 21.3 Å². The summed E-state index contributed by atoms with van der Waals surface area (Å²) in [5.74, 6) is 1.01. The third-order valence-electron chi connectivity index (χ3n) is 3.79. The van der Waals surface area contributed by atoms with Crippen molar-refractivity contribution in [3.63, 3.8) is 0 Å². The van der Waals surface area contributed by atoms with Crippen LogP contribution in [-0.2, 0) is 0 Å². The second kappa shape index (κ2) is 6.51. The number of hydrogen-bond donors (Lipinski definition) is 1. The van der Waals surface area contributed by atoms with Crippen LogP contribution in [0.2, 0.25) is 0 Å². The third kappa shape index (κ3) is 3.33. The molecule has 0 aliphatic carbocycles. The van der Waals surface area contributed by atoms with Crippen LogP contribution >= 0.6 is 27.3 Å². The predicted molar refractivity (Wildman–Crippen MR) is 92.2 cm³/mol. The third-order valence-corrected chi connectivity index (χ3v) is 5.37. The van der Waals surface area contributed by atoms with Crippen LogP contribution in [0, 0.1) is 6.92 Å². The quantitative estimate of drug-likeness (QED) is 0.784. The zero-order valence-corrected chi connectivity index (χ0v) is 14.8. The minimum absolute atomic E-state index is 0.159. The molecule has 1 aliphatic rings. The van der Waals surface area contributed by atoms with Gasteiger partial charge >= 0.3 is 0 Å². The zero-order valence-electron chi connectivity index (χ0n) is 12.4. The first-order valence-corrected chi connectivity index (χ1v) is 9.04. The fraction of sp³-hybridized carbons (Fsp3) is 0.412. The lowest BCUT2D eigenvalue weighted by atomic mass is 9.95. The zero-order chi connectivity index (χ0) is 14.8. The summed E-state index contributed by atoms with van der Waals surface area (Å²) in [6, 6.07) is 11.0. The van der Waals surface area contributed by atoms with E-state index in [1.807, 2.05) is 11.3 Å². The van der Waals surface area contributed by atoms with Crippen LogP contribution < -0.4 is 10.1 Å². The van der Waals surface area contributed by atoms with Crippen LogP contribution in [-0.4, -0.2) is 6.54 Å². The van der Waals surface area contributed by atoms with Gasteiger partial charge in [-0.25, -0.2) is 0 Å². The van der Waals surface area contributed by atoms with Gasteiger partial charge in [0.15, 0.2) is 0 Å². The number of halogens is 1. The van der Waals surface area contributed by atoms with Gasteiger partial charge in [-0.1, -0.05) is 22.9 Å². The fourth-order valence-electron chi connectivity index (χ4n) is 2.75. The van der Waals surface area contributed by atoms with E-state index in [0.29, 0.717) is 6.04 Å². The van der Waals surface area contributed by atoms with Gasteiger partial charge < -0.3 is 10.1 Å². The highest BCUT2D eigenvalue weighted by Crippen LogP contribution is 2.43. The Morgan fingerprint density at radius 1 is 1.33 bits per heavy atom. The van der Waals surface area contributed by atoms with Crippen molar-refractivity contribution < 1.29 is 4.74 Å². The number of thiophene rings is 1. The SMILES string of the molecule is CCCNC1CC(c2ccc(C)s2)Oc2ccc(Br)cc21. The standard InChI is InChI=1S/C17H20BrNOS/c1-3-8-19-14-10-16(17-7-4-11(2)21-17)20-15-6-5-12(18)9-13(14)15/h4-7,9,14,16,19H,3,8,10H2,1-2H3. The van der Waals surface area contributed by atoms with Gasteiger partial charge in [-0.15, -0.1) is 11.3 Å². The summed E-state index contributed by atoms with van der Waals surface area (Å²) in [4.78, 5) is 2.66. The van der Waals surface area contributed by atoms with Crippen LogP contribution in [0.3, 0.4) is 0 Å². The lowest BCUT2D eigenvalue weighted by Crippen LogP contribution is -2.29. The molecule has 1 aliphatic heterocycles. The largest absolute Gasteiger partial charge is 0.484 e. The molecule has 2 aromatic rings. The smallest absolute Gasteiger partial charge is 0.135 e. The summed E-state index contributed by atoms with van der Waals surface area (Å²) in [5.41, 5.74) is 1.27. The predicted octanol–water partition coefficient (Wildman–Crippen LogP) is 5.38. The minimum atomic E-state index is 0.159. The van der Waals surface area contributed by atoms with Crippen molar-refractivity contribution in [2.75, 3.05) is 6.54 Å². The Bertz CT molecular complexity index is 625. The number of nitrogens with one attached hydrogen (secondary N) is 1. The highest BCUT2D eigenvalue weighted by atomic mass is 79.9. The Labute approximate surface area is 138 Å². The number of benzene rings is 1. The van der Waals surface area contributed by atoms with Crippen molar-refractivity contribution in [3.05, 3.63) is 50.1 Å². The van der Waals surface area contributed by atoms with Gasteiger partial charge in [-0.3, -0.25) is 0 Å². The van der Waals surface area contributed by atoms with Crippen molar-refractivity contribution in [1.82, 2.24) is 5.32 Å². The van der Waals surface area contributed by atoms with Crippen LogP contribution in [0.5, 0.6) is 5.75 Å². The monoisotopic (exact) mass is 365 g/mol. The maximum absolute atomic E-state index is 6.25. The van der Waals surface area contributed by atoms with Crippen LogP contribution in [0.1, 0.15) is 47.2 Å². The number of rotatable bonds is 4. The molecule has 1 N–H and O–H groups in total. The molecular formula is C17H20BrNOS. The van der Waals surface area contributed by atoms with Gasteiger partial charge in [0.2, 0.25) is 0 Å². The first-order valence-electron chi connectivity index (χ1n) is 7.43. The molecule has 4 heteroatoms. The van der Waals surface area contributed by atoms with E-state index in [1.54, 1.807) is 0 Å². The fourth-order valence-corrected chi connectivity index (χ4v) is 4.05. The van der Waals surface area contributed by atoms with Gasteiger partial charge in [0.05, 0.1) is 0 Å². The lowest BCUT2D eigenvalue weighted by molar-refractivity contribution is 0.154. The molecule has 2 atom stereocenters. The number of aryl methyl sites for hydroxylation is 1. The Morgan fingerprint density at radius 3 is 2.90 bits per heavy atom. The van der Waals surface area contributed by atoms with Crippen LogP contribution in [0.15, 0.2) is 34.8 Å². The van der Waals surface area contributed by atoms with Crippen LogP contribution in [0.4, 0.5) is 0 Å². The molecule has 2 heterocycles. The summed E-state index contributed by atoms with van der Waals surface area (Å²) in [6.07, 6.45) is 2.29. The molecule has 3 rings (SSSR count). The maximum atomic E-state index is 6.25. The van der Waals surface area contributed by atoms with Gasteiger partial charge in [-0.05, 0) is 50.2 Å². The summed E-state index contributed by atoms with van der Waals surface area (Å²) >= 11 is 5.40. The molecule has 1 aromatic heterocycles. The van der Waals surface area contributed by atoms with Crippen LogP contribution in [0.25, 0.3) is 0 Å². The Balaban J connectivity index is 1.90. The van der Waals surface area contributed by atoms with Gasteiger partial charge in [0.1, 0.15) is 11.9 Å². The molecule has 112 valence electrons. The van der Waals surface area contributed by atoms with E-state index in [1.165, 1.54) is 15.3 Å². The van der Waals surface area contributed by atoms with Crippen molar-refractivity contribution in [1.29, 1.82) is 0 Å². The van der Waals surface area contributed by atoms with E-state index in [9.17, 15) is 0 Å². The molecule has 0 saturated heterocycles. The van der Waals surface area contributed by atoms with Crippen molar-refractivity contribution in [2.45, 2.75) is 38.8 Å². The van der Waals surface area contributed by atoms with Gasteiger partial charge in [0, 0.05) is 32.3 Å². The molecule has 0 saturated carbocycles. The Hall–Kier alpha value is -0.840. The van der Waals surface area contributed by atoms with E-state index in [4.69, 9.17) is 4.74 Å². The highest BCUT2D eigenvalue weighted by Gasteiger charge is 2.29. The Morgan fingerprint density at radius 2 is 2.19 bits per heavy atom. The van der Waals surface area contributed by atoms with Crippen molar-refractivity contribution in [2.24, 2.45) is 0 Å². The first-order chi connectivity index (χ1) is 10.2. The summed E-state index contributed by atoms with van der Waals surface area (Å²) in [6.45, 7) is 5.38. The van der Waals surface area contributed by atoms with Gasteiger partial charge in [-0.2, -0.15) is 0 Å². The lowest BCUT2D eigenvalue weighted by Gasteiger charge is -2.32. The van der Waals surface area contributed by atoms with Crippen molar-refractivity contribution in [3.8, 4) is 5.75 Å². The van der Waals surface area contributed by atoms with E-state index < -0.39 is 0 Å². The molecule has 0 fully saturated rings. The van der Waals surface area contributed by atoms with E-state index in [0.717, 1.165) is 29.6 Å². The molecule has 21 heavy (non-hydrogen) atoms. The molecule has 2 nitrogen and oxygen atoms in total. The number of fused-ring (bicyclic) bond motifs is 1. The summed E-state index contributed by atoms with van der Waals surface area (Å²) in [5, 5.41) is 3.67. The Kier molecular flexibility index (Phi) is 4.67. The normalized spacial score (nSPS) is 20.9. The molecule has 0 spiro atoms. The molecule has 0 amide bonds. The molecule has 2 unspecified atom stereocenters. The van der Waals surface area contributed by atoms with Gasteiger partial charge in [0.25, 0.3) is 0 Å². The average molecular weight is 366 g/mol. The molecule has 1 aromatic carbocycles. The van der Waals surface area contributed by atoms with E-state index in [2.05, 4.69) is 65.4 Å². The number of hydrogen-bond acceptors (Lipinski definition) is 3. The van der Waals surface area contributed by atoms with Crippen molar-refractivity contribution >= 4 is 27.3 Å². The molecule has 0 radical (unpaired) electrons. The highest BCUT2D eigenvalue weighted by molar-refractivity contribution is 9.10. The second-order valence-corrected chi connectivity index (χ2v) is 7.71. The summed E-state index contributed by atoms with van der Waals surface area (Å²) < 4.78 is 7.36.